The summed E-state index contributed by atoms with van der Waals surface area (Å²) in [5.74, 6) is 0.644. The van der Waals surface area contributed by atoms with Gasteiger partial charge in [0.2, 0.25) is 5.95 Å². The molecule has 1 saturated heterocycles. The monoisotopic (exact) mass is 351 g/mol. The first kappa shape index (κ1) is 17.0. The number of anilines is 2. The Kier molecular flexibility index (Phi) is 4.59. The number of para-hydroxylation sites is 1. The lowest BCUT2D eigenvalue weighted by Gasteiger charge is -2.34. The number of likely N-dealkylation sites (N-methyl/N-ethyl adjacent to an activating group) is 1. The Morgan fingerprint density at radius 1 is 1.08 bits per heavy atom. The molecule has 0 N–H and O–H groups in total. The molecular formula is C20H25N5O. The van der Waals surface area contributed by atoms with Gasteiger partial charge in [0.05, 0.1) is 0 Å². The van der Waals surface area contributed by atoms with Crippen LogP contribution in [0, 0.1) is 6.92 Å². The molecule has 1 aromatic carbocycles. The summed E-state index contributed by atoms with van der Waals surface area (Å²) in [6.07, 6.45) is 0.901. The average Bonchev–Trinajstić information content (AvgIpc) is 3.11. The highest BCUT2D eigenvalue weighted by Gasteiger charge is 2.27. The number of rotatable bonds is 3. The maximum Gasteiger partial charge on any atom is 0.277 e. The molecule has 2 aliphatic rings. The van der Waals surface area contributed by atoms with E-state index in [2.05, 4.69) is 32.8 Å². The maximum atomic E-state index is 13.1. The number of amides is 1. The number of hydrogen-bond donors (Lipinski definition) is 0. The Bertz CT molecular complexity index is 814. The zero-order valence-corrected chi connectivity index (χ0v) is 15.5. The van der Waals surface area contributed by atoms with Gasteiger partial charge in [-0.25, -0.2) is 9.97 Å². The Hall–Kier alpha value is -2.47. The van der Waals surface area contributed by atoms with E-state index in [1.807, 2.05) is 30.0 Å². The molecule has 2 aromatic rings. The van der Waals surface area contributed by atoms with Crippen LogP contribution in [0.5, 0.6) is 0 Å². The fraction of sp³-hybridized carbons (Fsp3) is 0.450. The predicted octanol–water partition coefficient (Wildman–Crippen LogP) is 2.13. The topological polar surface area (TPSA) is 52.6 Å². The molecule has 26 heavy (non-hydrogen) atoms. The zero-order chi connectivity index (χ0) is 18.1. The van der Waals surface area contributed by atoms with Crippen LogP contribution in [0.25, 0.3) is 0 Å². The van der Waals surface area contributed by atoms with Crippen molar-refractivity contribution in [3.63, 3.8) is 0 Å². The first-order valence-corrected chi connectivity index (χ1v) is 9.38. The zero-order valence-electron chi connectivity index (χ0n) is 15.5. The van der Waals surface area contributed by atoms with Crippen LogP contribution < -0.4 is 9.80 Å². The van der Waals surface area contributed by atoms with Crippen molar-refractivity contribution >= 4 is 17.5 Å². The van der Waals surface area contributed by atoms with Gasteiger partial charge in [-0.15, -0.1) is 0 Å². The molecule has 0 spiro atoms. The number of carbonyl (C=O) groups is 1. The van der Waals surface area contributed by atoms with Crippen LogP contribution >= 0.6 is 0 Å². The van der Waals surface area contributed by atoms with Crippen molar-refractivity contribution in [3.05, 3.63) is 47.3 Å². The summed E-state index contributed by atoms with van der Waals surface area (Å²) in [4.78, 5) is 28.8. The molecule has 1 aromatic heterocycles. The van der Waals surface area contributed by atoms with E-state index in [1.54, 1.807) is 6.07 Å². The normalized spacial score (nSPS) is 17.5. The van der Waals surface area contributed by atoms with E-state index < -0.39 is 0 Å². The number of hydrogen-bond acceptors (Lipinski definition) is 5. The summed E-state index contributed by atoms with van der Waals surface area (Å²) in [6, 6.07) is 9.91. The third-order valence-electron chi connectivity index (χ3n) is 5.30. The van der Waals surface area contributed by atoms with E-state index in [1.165, 1.54) is 5.56 Å². The molecule has 1 fully saturated rings. The second-order valence-corrected chi connectivity index (χ2v) is 6.95. The van der Waals surface area contributed by atoms with E-state index in [4.69, 9.17) is 0 Å². The molecule has 0 aliphatic carbocycles. The SMILES string of the molecule is CCN1CCN(c2nc(C)cc(C(=O)N3CCc4ccccc43)n2)CC1. The minimum absolute atomic E-state index is 0.0334. The van der Waals surface area contributed by atoms with Crippen LogP contribution in [-0.4, -0.2) is 60.0 Å². The molecule has 0 bridgehead atoms. The lowest BCUT2D eigenvalue weighted by molar-refractivity contribution is 0.0984. The highest BCUT2D eigenvalue weighted by molar-refractivity contribution is 6.06. The molecule has 0 radical (unpaired) electrons. The maximum absolute atomic E-state index is 13.1. The Morgan fingerprint density at radius 2 is 1.85 bits per heavy atom. The van der Waals surface area contributed by atoms with Crippen molar-refractivity contribution < 1.29 is 4.79 Å². The molecular weight excluding hydrogens is 326 g/mol. The summed E-state index contributed by atoms with van der Waals surface area (Å²) in [5, 5.41) is 0. The fourth-order valence-corrected chi connectivity index (χ4v) is 3.76. The minimum Gasteiger partial charge on any atom is -0.338 e. The van der Waals surface area contributed by atoms with E-state index in [9.17, 15) is 4.79 Å². The van der Waals surface area contributed by atoms with Gasteiger partial charge < -0.3 is 14.7 Å². The summed E-state index contributed by atoms with van der Waals surface area (Å²) in [5.41, 5.74) is 3.56. The lowest BCUT2D eigenvalue weighted by Crippen LogP contribution is -2.47. The van der Waals surface area contributed by atoms with Gasteiger partial charge in [-0.2, -0.15) is 0 Å². The van der Waals surface area contributed by atoms with Gasteiger partial charge in [0.15, 0.2) is 0 Å². The number of benzene rings is 1. The average molecular weight is 351 g/mol. The third-order valence-corrected chi connectivity index (χ3v) is 5.30. The van der Waals surface area contributed by atoms with Gasteiger partial charge in [0.1, 0.15) is 5.69 Å². The van der Waals surface area contributed by atoms with Gasteiger partial charge in [0, 0.05) is 44.1 Å². The van der Waals surface area contributed by atoms with Crippen molar-refractivity contribution in [2.75, 3.05) is 49.1 Å². The van der Waals surface area contributed by atoms with Gasteiger partial charge >= 0.3 is 0 Å². The summed E-state index contributed by atoms with van der Waals surface area (Å²) in [7, 11) is 0. The fourth-order valence-electron chi connectivity index (χ4n) is 3.76. The second-order valence-electron chi connectivity index (χ2n) is 6.95. The second kappa shape index (κ2) is 7.03. The first-order valence-electron chi connectivity index (χ1n) is 9.38. The Labute approximate surface area is 154 Å². The number of aryl methyl sites for hydroxylation is 1. The van der Waals surface area contributed by atoms with Crippen molar-refractivity contribution in [1.29, 1.82) is 0 Å². The molecule has 3 heterocycles. The molecule has 6 nitrogen and oxygen atoms in total. The van der Waals surface area contributed by atoms with E-state index in [0.29, 0.717) is 18.2 Å². The van der Waals surface area contributed by atoms with E-state index in [-0.39, 0.29) is 5.91 Å². The molecule has 0 atom stereocenters. The van der Waals surface area contributed by atoms with Crippen molar-refractivity contribution in [1.82, 2.24) is 14.9 Å². The molecule has 136 valence electrons. The van der Waals surface area contributed by atoms with E-state index in [0.717, 1.165) is 50.5 Å². The van der Waals surface area contributed by atoms with Gasteiger partial charge in [-0.3, -0.25) is 4.79 Å². The largest absolute Gasteiger partial charge is 0.338 e. The number of fused-ring (bicyclic) bond motifs is 1. The van der Waals surface area contributed by atoms with Crippen molar-refractivity contribution in [2.45, 2.75) is 20.3 Å². The summed E-state index contributed by atoms with van der Waals surface area (Å²) >= 11 is 0. The van der Waals surface area contributed by atoms with Crippen molar-refractivity contribution in [2.24, 2.45) is 0 Å². The van der Waals surface area contributed by atoms with Crippen molar-refractivity contribution in [3.8, 4) is 0 Å². The predicted molar refractivity (Wildman–Crippen MR) is 103 cm³/mol. The van der Waals surface area contributed by atoms with Crippen LogP contribution in [0.1, 0.15) is 28.7 Å². The van der Waals surface area contributed by atoms with E-state index >= 15 is 0 Å². The number of carbonyl (C=O) groups excluding carboxylic acids is 1. The van der Waals surface area contributed by atoms with Crippen LogP contribution in [-0.2, 0) is 6.42 Å². The Morgan fingerprint density at radius 3 is 2.62 bits per heavy atom. The number of nitrogens with zero attached hydrogens (tertiary/aromatic N) is 5. The van der Waals surface area contributed by atoms with Gasteiger partial charge in [-0.05, 0) is 37.6 Å². The third kappa shape index (κ3) is 3.17. The van der Waals surface area contributed by atoms with Gasteiger partial charge in [0.25, 0.3) is 5.91 Å². The molecule has 4 rings (SSSR count). The Balaban J connectivity index is 1.58. The highest BCUT2D eigenvalue weighted by Crippen LogP contribution is 2.29. The van der Waals surface area contributed by atoms with Crippen LogP contribution in [0.3, 0.4) is 0 Å². The van der Waals surface area contributed by atoms with Crippen LogP contribution in [0.2, 0.25) is 0 Å². The molecule has 1 amide bonds. The smallest absolute Gasteiger partial charge is 0.277 e. The number of aromatic nitrogens is 2. The lowest BCUT2D eigenvalue weighted by atomic mass is 10.2. The standard InChI is InChI=1S/C20H25N5O/c1-3-23-10-12-24(13-11-23)20-21-15(2)14-17(22-20)19(26)25-9-8-16-6-4-5-7-18(16)25/h4-7,14H,3,8-13H2,1-2H3. The molecule has 0 saturated carbocycles. The van der Waals surface area contributed by atoms with Gasteiger partial charge in [-0.1, -0.05) is 25.1 Å². The first-order chi connectivity index (χ1) is 12.7. The van der Waals surface area contributed by atoms with Crippen LogP contribution in [0.15, 0.2) is 30.3 Å². The molecule has 2 aliphatic heterocycles. The molecule has 0 unspecified atom stereocenters. The minimum atomic E-state index is -0.0334. The molecule has 6 heteroatoms. The highest BCUT2D eigenvalue weighted by atomic mass is 16.2. The summed E-state index contributed by atoms with van der Waals surface area (Å²) in [6.45, 7) is 9.72. The summed E-state index contributed by atoms with van der Waals surface area (Å²) < 4.78 is 0. The number of piperazine rings is 1. The quantitative estimate of drug-likeness (QED) is 0.848. The van der Waals surface area contributed by atoms with Crippen LogP contribution in [0.4, 0.5) is 11.6 Å².